The first kappa shape index (κ1) is 12.5. The van der Waals surface area contributed by atoms with E-state index in [0.29, 0.717) is 12.2 Å². The third-order valence-corrected chi connectivity index (χ3v) is 4.67. The largest absolute Gasteiger partial charge is 0.355 e. The van der Waals surface area contributed by atoms with E-state index in [2.05, 4.69) is 27.2 Å². The molecular formula is C14H17N3OS. The molecule has 1 aliphatic rings. The molecule has 0 amide bonds. The van der Waals surface area contributed by atoms with Gasteiger partial charge in [-0.05, 0) is 24.8 Å². The van der Waals surface area contributed by atoms with Crippen LogP contribution in [0.3, 0.4) is 0 Å². The van der Waals surface area contributed by atoms with E-state index in [0.717, 1.165) is 34.9 Å². The predicted molar refractivity (Wildman–Crippen MR) is 77.9 cm³/mol. The Balaban J connectivity index is 2.09. The van der Waals surface area contributed by atoms with Crippen molar-refractivity contribution in [3.63, 3.8) is 0 Å². The number of ketones is 1. The van der Waals surface area contributed by atoms with Crippen LogP contribution in [-0.4, -0.2) is 28.8 Å². The normalized spacial score (nSPS) is 20.3. The summed E-state index contributed by atoms with van der Waals surface area (Å²) in [6.07, 6.45) is 0.620. The SMILES string of the molecule is Cc1nc(N2CCC(=O)C(C)C2)c2c(C)csc2n1. The monoisotopic (exact) mass is 275 g/mol. The number of hydrogen-bond donors (Lipinski definition) is 0. The second-order valence-electron chi connectivity index (χ2n) is 5.26. The maximum Gasteiger partial charge on any atom is 0.141 e. The molecule has 0 spiro atoms. The molecular weight excluding hydrogens is 258 g/mol. The molecule has 0 radical (unpaired) electrons. The van der Waals surface area contributed by atoms with Crippen LogP contribution in [-0.2, 0) is 4.79 Å². The van der Waals surface area contributed by atoms with Crippen molar-refractivity contribution in [1.29, 1.82) is 0 Å². The third-order valence-electron chi connectivity index (χ3n) is 3.68. The number of carbonyl (C=O) groups is 1. The lowest BCUT2D eigenvalue weighted by Crippen LogP contribution is -2.40. The van der Waals surface area contributed by atoms with Gasteiger partial charge in [-0.3, -0.25) is 4.79 Å². The molecule has 0 aliphatic carbocycles. The van der Waals surface area contributed by atoms with Gasteiger partial charge >= 0.3 is 0 Å². The Morgan fingerprint density at radius 3 is 2.89 bits per heavy atom. The Morgan fingerprint density at radius 2 is 2.16 bits per heavy atom. The van der Waals surface area contributed by atoms with E-state index >= 15 is 0 Å². The number of anilines is 1. The van der Waals surface area contributed by atoms with E-state index < -0.39 is 0 Å². The molecule has 0 aromatic carbocycles. The molecule has 1 fully saturated rings. The molecule has 4 nitrogen and oxygen atoms in total. The number of Topliss-reactive ketones (excluding diaryl/α,β-unsaturated/α-hetero) is 1. The van der Waals surface area contributed by atoms with Crippen molar-refractivity contribution >= 4 is 33.2 Å². The maximum absolute atomic E-state index is 11.7. The average Bonchev–Trinajstić information content (AvgIpc) is 2.73. The van der Waals surface area contributed by atoms with Crippen molar-refractivity contribution in [2.24, 2.45) is 5.92 Å². The highest BCUT2D eigenvalue weighted by atomic mass is 32.1. The zero-order valence-corrected chi connectivity index (χ0v) is 12.3. The van der Waals surface area contributed by atoms with Gasteiger partial charge in [0.2, 0.25) is 0 Å². The van der Waals surface area contributed by atoms with Gasteiger partial charge in [0, 0.05) is 25.4 Å². The van der Waals surface area contributed by atoms with Crippen molar-refractivity contribution in [3.8, 4) is 0 Å². The topological polar surface area (TPSA) is 46.1 Å². The van der Waals surface area contributed by atoms with E-state index in [1.807, 2.05) is 13.8 Å². The van der Waals surface area contributed by atoms with Crippen molar-refractivity contribution in [1.82, 2.24) is 9.97 Å². The quantitative estimate of drug-likeness (QED) is 0.803. The zero-order chi connectivity index (χ0) is 13.6. The first-order valence-electron chi connectivity index (χ1n) is 6.56. The number of aromatic nitrogens is 2. The number of piperidine rings is 1. The lowest BCUT2D eigenvalue weighted by Gasteiger charge is -2.31. The number of fused-ring (bicyclic) bond motifs is 1. The summed E-state index contributed by atoms with van der Waals surface area (Å²) in [7, 11) is 0. The summed E-state index contributed by atoms with van der Waals surface area (Å²) in [5.41, 5.74) is 1.22. The number of aryl methyl sites for hydroxylation is 2. The summed E-state index contributed by atoms with van der Waals surface area (Å²) in [5, 5.41) is 3.28. The number of thiophene rings is 1. The van der Waals surface area contributed by atoms with Crippen LogP contribution in [0.5, 0.6) is 0 Å². The van der Waals surface area contributed by atoms with Crippen molar-refractivity contribution in [2.75, 3.05) is 18.0 Å². The minimum Gasteiger partial charge on any atom is -0.355 e. The van der Waals surface area contributed by atoms with E-state index in [9.17, 15) is 4.79 Å². The van der Waals surface area contributed by atoms with Crippen LogP contribution in [0, 0.1) is 19.8 Å². The molecule has 19 heavy (non-hydrogen) atoms. The molecule has 0 N–H and O–H groups in total. The standard InChI is InChI=1S/C14H17N3OS/c1-8-6-17(5-4-11(8)18)13-12-9(2)7-19-14(12)16-10(3)15-13/h7-8H,4-6H2,1-3H3. The van der Waals surface area contributed by atoms with Crippen molar-refractivity contribution in [2.45, 2.75) is 27.2 Å². The Bertz CT molecular complexity index is 649. The summed E-state index contributed by atoms with van der Waals surface area (Å²) < 4.78 is 0. The Hall–Kier alpha value is -1.49. The van der Waals surface area contributed by atoms with Gasteiger partial charge in [0.05, 0.1) is 5.39 Å². The third kappa shape index (κ3) is 2.12. The molecule has 2 aromatic heterocycles. The van der Waals surface area contributed by atoms with Gasteiger partial charge in [0.25, 0.3) is 0 Å². The second-order valence-corrected chi connectivity index (χ2v) is 6.11. The van der Waals surface area contributed by atoms with Gasteiger partial charge in [-0.1, -0.05) is 6.92 Å². The fourth-order valence-corrected chi connectivity index (χ4v) is 3.56. The molecule has 1 atom stereocenters. The van der Waals surface area contributed by atoms with Gasteiger partial charge in [-0.25, -0.2) is 9.97 Å². The zero-order valence-electron chi connectivity index (χ0n) is 11.4. The number of nitrogens with zero attached hydrogens (tertiary/aromatic N) is 3. The number of carbonyl (C=O) groups excluding carboxylic acids is 1. The van der Waals surface area contributed by atoms with Crippen LogP contribution in [0.1, 0.15) is 24.7 Å². The molecule has 1 aliphatic heterocycles. The van der Waals surface area contributed by atoms with Gasteiger partial charge in [-0.2, -0.15) is 0 Å². The highest BCUT2D eigenvalue weighted by Crippen LogP contribution is 2.33. The molecule has 1 saturated heterocycles. The van der Waals surface area contributed by atoms with E-state index in [-0.39, 0.29) is 5.92 Å². The molecule has 3 rings (SSSR count). The highest BCUT2D eigenvalue weighted by Gasteiger charge is 2.26. The first-order valence-corrected chi connectivity index (χ1v) is 7.44. The van der Waals surface area contributed by atoms with Crippen LogP contribution in [0.25, 0.3) is 10.2 Å². The van der Waals surface area contributed by atoms with Crippen LogP contribution in [0.15, 0.2) is 5.38 Å². The van der Waals surface area contributed by atoms with Gasteiger partial charge in [0.15, 0.2) is 0 Å². The minimum absolute atomic E-state index is 0.0954. The van der Waals surface area contributed by atoms with Crippen molar-refractivity contribution in [3.05, 3.63) is 16.8 Å². The fraction of sp³-hybridized carbons (Fsp3) is 0.500. The number of rotatable bonds is 1. The fourth-order valence-electron chi connectivity index (χ4n) is 2.60. The highest BCUT2D eigenvalue weighted by molar-refractivity contribution is 7.17. The molecule has 5 heteroatoms. The average molecular weight is 275 g/mol. The van der Waals surface area contributed by atoms with E-state index in [4.69, 9.17) is 0 Å². The van der Waals surface area contributed by atoms with Crippen LogP contribution < -0.4 is 4.90 Å². The Kier molecular flexibility index (Phi) is 3.01. The summed E-state index contributed by atoms with van der Waals surface area (Å²) in [4.78, 5) is 24.1. The van der Waals surface area contributed by atoms with Gasteiger partial charge in [0.1, 0.15) is 22.3 Å². The molecule has 2 aromatic rings. The van der Waals surface area contributed by atoms with Crippen LogP contribution in [0.2, 0.25) is 0 Å². The first-order chi connectivity index (χ1) is 9.06. The second kappa shape index (κ2) is 4.56. The summed E-state index contributed by atoms with van der Waals surface area (Å²) in [5.74, 6) is 2.26. The molecule has 1 unspecified atom stereocenters. The lowest BCUT2D eigenvalue weighted by atomic mass is 9.98. The van der Waals surface area contributed by atoms with Crippen LogP contribution >= 0.6 is 11.3 Å². The summed E-state index contributed by atoms with van der Waals surface area (Å²) in [6, 6.07) is 0. The smallest absolute Gasteiger partial charge is 0.141 e. The van der Waals surface area contributed by atoms with Crippen LogP contribution in [0.4, 0.5) is 5.82 Å². The Labute approximate surface area is 116 Å². The molecule has 0 saturated carbocycles. The van der Waals surface area contributed by atoms with Gasteiger partial charge < -0.3 is 4.90 Å². The Morgan fingerprint density at radius 1 is 1.37 bits per heavy atom. The molecule has 3 heterocycles. The van der Waals surface area contributed by atoms with E-state index in [1.54, 1.807) is 11.3 Å². The lowest BCUT2D eigenvalue weighted by molar-refractivity contribution is -0.122. The van der Waals surface area contributed by atoms with E-state index in [1.165, 1.54) is 5.56 Å². The molecule has 0 bridgehead atoms. The van der Waals surface area contributed by atoms with Gasteiger partial charge in [-0.15, -0.1) is 11.3 Å². The predicted octanol–water partition coefficient (Wildman–Crippen LogP) is 2.72. The summed E-state index contributed by atoms with van der Waals surface area (Å²) in [6.45, 7) is 7.56. The maximum atomic E-state index is 11.7. The van der Waals surface area contributed by atoms with Crippen molar-refractivity contribution < 1.29 is 4.79 Å². The minimum atomic E-state index is 0.0954. The summed E-state index contributed by atoms with van der Waals surface area (Å²) >= 11 is 1.66. The molecule has 100 valence electrons. The number of hydrogen-bond acceptors (Lipinski definition) is 5.